The fraction of sp³-hybridized carbons (Fsp3) is 0.450. The van der Waals surface area contributed by atoms with Crippen molar-refractivity contribution in [2.45, 2.75) is 46.6 Å². The van der Waals surface area contributed by atoms with Crippen LogP contribution in [0.5, 0.6) is 5.75 Å². The largest absolute Gasteiger partial charge is 0.496 e. The minimum Gasteiger partial charge on any atom is -0.496 e. The fourth-order valence-corrected chi connectivity index (χ4v) is 3.06. The Bertz CT molecular complexity index is 930. The number of nitrogens with one attached hydrogen (secondary N) is 1. The zero-order valence-electron chi connectivity index (χ0n) is 16.2. The summed E-state index contributed by atoms with van der Waals surface area (Å²) in [4.78, 5) is 36.2. The van der Waals surface area contributed by atoms with Crippen LogP contribution in [0, 0.1) is 19.8 Å². The highest BCUT2D eigenvalue weighted by Crippen LogP contribution is 2.29. The number of amides is 1. The van der Waals surface area contributed by atoms with Crippen molar-refractivity contribution in [3.63, 3.8) is 0 Å². The molecular weight excluding hydrogens is 350 g/mol. The van der Waals surface area contributed by atoms with Crippen LogP contribution < -0.4 is 15.7 Å². The monoisotopic (exact) mass is 375 g/mol. The molecule has 2 N–H and O–H groups in total. The smallest absolute Gasteiger partial charge is 0.340 e. The topological polar surface area (TPSA) is 106 Å². The predicted octanol–water partition coefficient (Wildman–Crippen LogP) is 2.58. The van der Waals surface area contributed by atoms with Crippen molar-refractivity contribution in [1.29, 1.82) is 0 Å². The molecule has 0 saturated carbocycles. The molecule has 2 aromatic rings. The molecule has 0 aliphatic carbocycles. The Labute approximate surface area is 157 Å². The quantitative estimate of drug-likeness (QED) is 0.721. The third-order valence-corrected chi connectivity index (χ3v) is 5.01. The van der Waals surface area contributed by atoms with E-state index in [1.807, 2.05) is 6.92 Å². The van der Waals surface area contributed by atoms with Crippen molar-refractivity contribution in [1.82, 2.24) is 5.32 Å². The second kappa shape index (κ2) is 8.24. The molecule has 27 heavy (non-hydrogen) atoms. The Balaban J connectivity index is 2.38. The molecule has 7 heteroatoms. The number of carbonyl (C=O) groups is 2. The SMILES string of the molecule is CC[C@H](C)[C@@H](NC(=O)Cc1c(C)c2ccc(OC)c(C)c2oc1=O)C(=O)O. The van der Waals surface area contributed by atoms with Gasteiger partial charge in [0.25, 0.3) is 0 Å². The van der Waals surface area contributed by atoms with Crippen LogP contribution in [-0.4, -0.2) is 30.1 Å². The number of fused-ring (bicyclic) bond motifs is 1. The van der Waals surface area contributed by atoms with Gasteiger partial charge in [-0.3, -0.25) is 4.79 Å². The molecule has 7 nitrogen and oxygen atoms in total. The molecule has 0 aliphatic heterocycles. The third-order valence-electron chi connectivity index (χ3n) is 5.01. The van der Waals surface area contributed by atoms with E-state index in [1.54, 1.807) is 32.9 Å². The lowest BCUT2D eigenvalue weighted by molar-refractivity contribution is -0.143. The molecule has 0 spiro atoms. The Hall–Kier alpha value is -2.83. The number of hydrogen-bond acceptors (Lipinski definition) is 5. The summed E-state index contributed by atoms with van der Waals surface area (Å²) in [6.07, 6.45) is 0.366. The molecule has 0 fully saturated rings. The van der Waals surface area contributed by atoms with Gasteiger partial charge in [0, 0.05) is 10.9 Å². The van der Waals surface area contributed by atoms with Gasteiger partial charge in [-0.2, -0.15) is 0 Å². The van der Waals surface area contributed by atoms with Crippen molar-refractivity contribution in [3.05, 3.63) is 39.2 Å². The van der Waals surface area contributed by atoms with Crippen LogP contribution in [0.2, 0.25) is 0 Å². The van der Waals surface area contributed by atoms with Gasteiger partial charge in [0.2, 0.25) is 5.91 Å². The van der Waals surface area contributed by atoms with Gasteiger partial charge in [-0.15, -0.1) is 0 Å². The second-order valence-corrected chi connectivity index (χ2v) is 6.71. The number of carboxylic acids is 1. The average Bonchev–Trinajstić information content (AvgIpc) is 2.63. The highest BCUT2D eigenvalue weighted by molar-refractivity contribution is 5.89. The minimum atomic E-state index is -1.09. The number of carboxylic acid groups (broad SMARTS) is 1. The van der Waals surface area contributed by atoms with Gasteiger partial charge in [0.15, 0.2) is 0 Å². The number of ether oxygens (including phenoxy) is 1. The van der Waals surface area contributed by atoms with Gasteiger partial charge in [-0.25, -0.2) is 9.59 Å². The molecule has 0 bridgehead atoms. The number of methoxy groups -OCH3 is 1. The lowest BCUT2D eigenvalue weighted by Crippen LogP contribution is -2.45. The zero-order valence-corrected chi connectivity index (χ0v) is 16.2. The van der Waals surface area contributed by atoms with Gasteiger partial charge in [0.1, 0.15) is 17.4 Å². The van der Waals surface area contributed by atoms with E-state index in [-0.39, 0.29) is 17.9 Å². The summed E-state index contributed by atoms with van der Waals surface area (Å²) in [7, 11) is 1.54. The molecule has 0 unspecified atom stereocenters. The van der Waals surface area contributed by atoms with Crippen molar-refractivity contribution in [2.75, 3.05) is 7.11 Å². The third kappa shape index (κ3) is 4.13. The highest BCUT2D eigenvalue weighted by Gasteiger charge is 2.26. The fourth-order valence-electron chi connectivity index (χ4n) is 3.06. The normalized spacial score (nSPS) is 13.2. The first-order valence-corrected chi connectivity index (χ1v) is 8.83. The van der Waals surface area contributed by atoms with E-state index in [0.29, 0.717) is 34.3 Å². The summed E-state index contributed by atoms with van der Waals surface area (Å²) < 4.78 is 10.7. The molecular formula is C20H25NO6. The van der Waals surface area contributed by atoms with Crippen LogP contribution in [0.15, 0.2) is 21.3 Å². The molecule has 1 aromatic heterocycles. The van der Waals surface area contributed by atoms with Crippen molar-refractivity contribution < 1.29 is 23.8 Å². The number of aryl methyl sites for hydroxylation is 2. The zero-order chi connectivity index (χ0) is 20.3. The standard InChI is InChI=1S/C20H25NO6/c1-6-10(2)17(19(23)24)21-16(22)9-14-11(3)13-7-8-15(26-5)12(4)18(13)27-20(14)25/h7-8,10,17H,6,9H2,1-5H3,(H,21,22)(H,23,24)/t10-,17+/m0/s1. The number of benzene rings is 1. The number of hydrogen-bond donors (Lipinski definition) is 2. The number of carbonyl (C=O) groups excluding carboxylic acids is 1. The Morgan fingerprint density at radius 3 is 2.48 bits per heavy atom. The maximum Gasteiger partial charge on any atom is 0.340 e. The maximum absolute atomic E-state index is 12.4. The summed E-state index contributed by atoms with van der Waals surface area (Å²) in [6, 6.07) is 2.56. The lowest BCUT2D eigenvalue weighted by Gasteiger charge is -2.20. The predicted molar refractivity (Wildman–Crippen MR) is 101 cm³/mol. The van der Waals surface area contributed by atoms with Crippen molar-refractivity contribution in [2.24, 2.45) is 5.92 Å². The van der Waals surface area contributed by atoms with Gasteiger partial charge in [0.05, 0.1) is 19.1 Å². The molecule has 146 valence electrons. The van der Waals surface area contributed by atoms with Crippen LogP contribution in [0.4, 0.5) is 0 Å². The molecule has 1 heterocycles. The van der Waals surface area contributed by atoms with E-state index in [4.69, 9.17) is 9.15 Å². The van der Waals surface area contributed by atoms with E-state index in [0.717, 1.165) is 0 Å². The molecule has 0 saturated heterocycles. The van der Waals surface area contributed by atoms with E-state index in [1.165, 1.54) is 7.11 Å². The van der Waals surface area contributed by atoms with E-state index in [9.17, 15) is 19.5 Å². The van der Waals surface area contributed by atoms with E-state index >= 15 is 0 Å². The minimum absolute atomic E-state index is 0.220. The van der Waals surface area contributed by atoms with Crippen LogP contribution in [-0.2, 0) is 16.0 Å². The Morgan fingerprint density at radius 2 is 1.93 bits per heavy atom. The summed E-state index contributed by atoms with van der Waals surface area (Å²) in [5, 5.41) is 12.5. The average molecular weight is 375 g/mol. The van der Waals surface area contributed by atoms with Gasteiger partial charge >= 0.3 is 11.6 Å². The second-order valence-electron chi connectivity index (χ2n) is 6.71. The molecule has 2 atom stereocenters. The first kappa shape index (κ1) is 20.5. The van der Waals surface area contributed by atoms with Crippen LogP contribution in [0.3, 0.4) is 0 Å². The molecule has 0 aliphatic rings. The Kier molecular flexibility index (Phi) is 6.25. The summed E-state index contributed by atoms with van der Waals surface area (Å²) in [5.41, 5.74) is 1.37. The van der Waals surface area contributed by atoms with Crippen molar-refractivity contribution in [3.8, 4) is 5.75 Å². The highest BCUT2D eigenvalue weighted by atomic mass is 16.5. The van der Waals surface area contributed by atoms with Gasteiger partial charge in [-0.05, 0) is 37.5 Å². The lowest BCUT2D eigenvalue weighted by atomic mass is 9.98. The first-order chi connectivity index (χ1) is 12.7. The van der Waals surface area contributed by atoms with Gasteiger partial charge < -0.3 is 19.6 Å². The van der Waals surface area contributed by atoms with Crippen LogP contribution in [0.25, 0.3) is 11.0 Å². The van der Waals surface area contributed by atoms with Crippen LogP contribution >= 0.6 is 0 Å². The Morgan fingerprint density at radius 1 is 1.26 bits per heavy atom. The maximum atomic E-state index is 12.4. The first-order valence-electron chi connectivity index (χ1n) is 8.83. The molecule has 1 aromatic carbocycles. The summed E-state index contributed by atoms with van der Waals surface area (Å²) in [5.74, 6) is -1.24. The number of rotatable bonds is 7. The molecule has 2 rings (SSSR count). The van der Waals surface area contributed by atoms with Crippen LogP contribution in [0.1, 0.15) is 37.0 Å². The van der Waals surface area contributed by atoms with Crippen molar-refractivity contribution >= 4 is 22.8 Å². The van der Waals surface area contributed by atoms with Gasteiger partial charge in [-0.1, -0.05) is 20.3 Å². The van der Waals surface area contributed by atoms with E-state index < -0.39 is 23.5 Å². The number of aliphatic carboxylic acids is 1. The summed E-state index contributed by atoms with van der Waals surface area (Å²) in [6.45, 7) is 7.15. The molecule has 0 radical (unpaired) electrons. The molecule has 1 amide bonds. The summed E-state index contributed by atoms with van der Waals surface area (Å²) >= 11 is 0. The van der Waals surface area contributed by atoms with E-state index in [2.05, 4.69) is 5.32 Å².